The van der Waals surface area contributed by atoms with Crippen molar-refractivity contribution in [3.8, 4) is 11.5 Å². The third-order valence-electron chi connectivity index (χ3n) is 4.94. The molecule has 0 aliphatic carbocycles. The second-order valence-electron chi connectivity index (χ2n) is 7.65. The smallest absolute Gasteiger partial charge is 0.222 e. The van der Waals surface area contributed by atoms with Crippen molar-refractivity contribution >= 4 is 35.8 Å². The lowest BCUT2D eigenvalue weighted by Gasteiger charge is -2.36. The zero-order valence-electron chi connectivity index (χ0n) is 19.4. The minimum atomic E-state index is 0. The van der Waals surface area contributed by atoms with Crippen LogP contribution in [-0.2, 0) is 11.3 Å². The van der Waals surface area contributed by atoms with Crippen molar-refractivity contribution in [3.63, 3.8) is 0 Å². The number of piperazine rings is 1. The van der Waals surface area contributed by atoms with Gasteiger partial charge in [0.25, 0.3) is 0 Å². The molecule has 0 aromatic heterocycles. The van der Waals surface area contributed by atoms with Gasteiger partial charge in [0.1, 0.15) is 11.5 Å². The fourth-order valence-electron chi connectivity index (χ4n) is 3.45. The number of amides is 1. The van der Waals surface area contributed by atoms with E-state index in [-0.39, 0.29) is 35.9 Å². The molecule has 1 aromatic carbocycles. The number of halogens is 1. The van der Waals surface area contributed by atoms with Gasteiger partial charge < -0.3 is 25.0 Å². The molecule has 31 heavy (non-hydrogen) atoms. The lowest BCUT2D eigenvalue weighted by molar-refractivity contribution is -0.121. The van der Waals surface area contributed by atoms with E-state index in [4.69, 9.17) is 9.47 Å². The van der Waals surface area contributed by atoms with Crippen molar-refractivity contribution in [2.24, 2.45) is 4.99 Å². The summed E-state index contributed by atoms with van der Waals surface area (Å²) in [5.41, 5.74) is 1.13. The van der Waals surface area contributed by atoms with Gasteiger partial charge in [-0.1, -0.05) is 0 Å². The lowest BCUT2D eigenvalue weighted by Crippen LogP contribution is -2.52. The zero-order chi connectivity index (χ0) is 21.9. The number of nitrogens with one attached hydrogen (secondary N) is 2. The second-order valence-corrected chi connectivity index (χ2v) is 7.65. The number of rotatable bonds is 9. The molecular weight excluding hydrogens is 509 g/mol. The normalized spacial score (nSPS) is 14.8. The highest BCUT2D eigenvalue weighted by molar-refractivity contribution is 14.0. The Morgan fingerprint density at radius 2 is 1.87 bits per heavy atom. The lowest BCUT2D eigenvalue weighted by atomic mass is 10.1. The highest BCUT2D eigenvalue weighted by Gasteiger charge is 2.21. The van der Waals surface area contributed by atoms with Crippen molar-refractivity contribution in [2.45, 2.75) is 39.8 Å². The molecule has 8 nitrogen and oxygen atoms in total. The van der Waals surface area contributed by atoms with Crippen molar-refractivity contribution in [3.05, 3.63) is 23.8 Å². The Hall–Kier alpha value is -1.75. The quantitative estimate of drug-likeness (QED) is 0.281. The number of carbonyl (C=O) groups is 1. The molecule has 0 spiro atoms. The number of methoxy groups -OCH3 is 2. The van der Waals surface area contributed by atoms with E-state index in [0.29, 0.717) is 13.0 Å². The Kier molecular flexibility index (Phi) is 12.6. The number of aliphatic imine (C=N–C) groups is 1. The van der Waals surface area contributed by atoms with E-state index in [1.54, 1.807) is 14.2 Å². The first-order chi connectivity index (χ1) is 14.5. The van der Waals surface area contributed by atoms with Crippen LogP contribution in [0.2, 0.25) is 0 Å². The Bertz CT molecular complexity index is 706. The van der Waals surface area contributed by atoms with Gasteiger partial charge in [0.15, 0.2) is 5.96 Å². The molecule has 0 saturated carbocycles. The Labute approximate surface area is 203 Å². The van der Waals surface area contributed by atoms with Crippen LogP contribution in [0.1, 0.15) is 32.8 Å². The molecule has 1 heterocycles. The van der Waals surface area contributed by atoms with Gasteiger partial charge in [0, 0.05) is 57.3 Å². The summed E-state index contributed by atoms with van der Waals surface area (Å²) in [6.07, 6.45) is 0.405. The second kappa shape index (κ2) is 14.3. The summed E-state index contributed by atoms with van der Waals surface area (Å²) in [5.74, 6) is 2.65. The van der Waals surface area contributed by atoms with Crippen LogP contribution in [0.25, 0.3) is 0 Å². The number of ether oxygens (including phenoxy) is 2. The molecule has 0 unspecified atom stereocenters. The van der Waals surface area contributed by atoms with Gasteiger partial charge in [0.05, 0.1) is 20.8 Å². The van der Waals surface area contributed by atoms with E-state index in [9.17, 15) is 4.79 Å². The first-order valence-electron chi connectivity index (χ1n) is 10.7. The van der Waals surface area contributed by atoms with Crippen LogP contribution in [-0.4, -0.2) is 81.2 Å². The van der Waals surface area contributed by atoms with Gasteiger partial charge >= 0.3 is 0 Å². The monoisotopic (exact) mass is 547 g/mol. The van der Waals surface area contributed by atoms with Crippen LogP contribution in [0.15, 0.2) is 23.2 Å². The molecule has 0 radical (unpaired) electrons. The fourth-order valence-corrected chi connectivity index (χ4v) is 3.45. The van der Waals surface area contributed by atoms with E-state index in [1.807, 2.05) is 32.0 Å². The minimum absolute atomic E-state index is 0. The molecule has 1 fully saturated rings. The molecule has 1 aliphatic heterocycles. The molecule has 9 heteroatoms. The number of hydrogen-bond acceptors (Lipinski definition) is 5. The van der Waals surface area contributed by atoms with Crippen molar-refractivity contribution < 1.29 is 14.3 Å². The van der Waals surface area contributed by atoms with Gasteiger partial charge in [-0.3, -0.25) is 14.7 Å². The van der Waals surface area contributed by atoms with E-state index in [1.165, 1.54) is 0 Å². The molecule has 176 valence electrons. The maximum Gasteiger partial charge on any atom is 0.222 e. The molecule has 1 aliphatic rings. The predicted molar refractivity (Wildman–Crippen MR) is 136 cm³/mol. The van der Waals surface area contributed by atoms with Crippen molar-refractivity contribution in [1.29, 1.82) is 0 Å². The number of guanidine groups is 1. The van der Waals surface area contributed by atoms with Crippen LogP contribution in [0.5, 0.6) is 11.5 Å². The minimum Gasteiger partial charge on any atom is -0.497 e. The summed E-state index contributed by atoms with van der Waals surface area (Å²) < 4.78 is 10.9. The van der Waals surface area contributed by atoms with Gasteiger partial charge in [0.2, 0.25) is 5.91 Å². The molecule has 0 bridgehead atoms. The topological polar surface area (TPSA) is 78.4 Å². The molecule has 1 aromatic rings. The predicted octanol–water partition coefficient (Wildman–Crippen LogP) is 2.32. The first kappa shape index (κ1) is 27.3. The molecular formula is C22H38IN5O3. The summed E-state index contributed by atoms with van der Waals surface area (Å²) >= 11 is 0. The average Bonchev–Trinajstić information content (AvgIpc) is 2.73. The Morgan fingerprint density at radius 3 is 2.45 bits per heavy atom. The SMILES string of the molecule is CCNC(=NCCC(=O)NC(C)C)N1CCN(Cc2cc(OC)ccc2OC)CC1.I. The van der Waals surface area contributed by atoms with E-state index >= 15 is 0 Å². The van der Waals surface area contributed by atoms with Crippen molar-refractivity contribution in [2.75, 3.05) is 53.5 Å². The third kappa shape index (κ3) is 9.10. The molecule has 0 atom stereocenters. The average molecular weight is 547 g/mol. The first-order valence-corrected chi connectivity index (χ1v) is 10.7. The standard InChI is InChI=1S/C22H37N5O3.HI/c1-6-23-22(24-10-9-21(28)25-17(2)3)27-13-11-26(12-14-27)16-18-15-19(29-4)7-8-20(18)30-5;/h7-8,15,17H,6,9-14,16H2,1-5H3,(H,23,24)(H,25,28);1H. The summed E-state index contributed by atoms with van der Waals surface area (Å²) in [7, 11) is 3.38. The fraction of sp³-hybridized carbons (Fsp3) is 0.636. The summed E-state index contributed by atoms with van der Waals surface area (Å²) in [5, 5.41) is 6.26. The van der Waals surface area contributed by atoms with Gasteiger partial charge in [-0.2, -0.15) is 0 Å². The number of hydrogen-bond donors (Lipinski definition) is 2. The van der Waals surface area contributed by atoms with Crippen LogP contribution in [0.4, 0.5) is 0 Å². The number of nitrogens with zero attached hydrogens (tertiary/aromatic N) is 3. The van der Waals surface area contributed by atoms with Crippen LogP contribution in [0, 0.1) is 0 Å². The summed E-state index contributed by atoms with van der Waals surface area (Å²) in [4.78, 5) is 21.2. The van der Waals surface area contributed by atoms with Gasteiger partial charge in [-0.05, 0) is 39.0 Å². The zero-order valence-corrected chi connectivity index (χ0v) is 21.8. The van der Waals surface area contributed by atoms with Crippen molar-refractivity contribution in [1.82, 2.24) is 20.4 Å². The highest BCUT2D eigenvalue weighted by Crippen LogP contribution is 2.25. The maximum absolute atomic E-state index is 11.8. The number of carbonyl (C=O) groups excluding carboxylic acids is 1. The van der Waals surface area contributed by atoms with Gasteiger partial charge in [-0.15, -0.1) is 24.0 Å². The summed E-state index contributed by atoms with van der Waals surface area (Å²) in [6.45, 7) is 11.7. The molecule has 1 saturated heterocycles. The molecule has 2 N–H and O–H groups in total. The Balaban J connectivity index is 0.00000480. The highest BCUT2D eigenvalue weighted by atomic mass is 127. The number of benzene rings is 1. The largest absolute Gasteiger partial charge is 0.497 e. The van der Waals surface area contributed by atoms with E-state index in [0.717, 1.165) is 62.3 Å². The molecule has 1 amide bonds. The Morgan fingerprint density at radius 1 is 1.16 bits per heavy atom. The van der Waals surface area contributed by atoms with Crippen LogP contribution in [0.3, 0.4) is 0 Å². The third-order valence-corrected chi connectivity index (χ3v) is 4.94. The molecule has 2 rings (SSSR count). The van der Waals surface area contributed by atoms with E-state index in [2.05, 4.69) is 32.3 Å². The van der Waals surface area contributed by atoms with Gasteiger partial charge in [-0.25, -0.2) is 0 Å². The maximum atomic E-state index is 11.8. The summed E-state index contributed by atoms with van der Waals surface area (Å²) in [6, 6.07) is 6.07. The van der Waals surface area contributed by atoms with Crippen LogP contribution >= 0.6 is 24.0 Å². The van der Waals surface area contributed by atoms with E-state index < -0.39 is 0 Å². The van der Waals surface area contributed by atoms with Crippen LogP contribution < -0.4 is 20.1 Å².